The smallest absolute Gasteiger partial charge is 0.331 e. The fraction of sp³-hybridized carbons (Fsp3) is 0.0476. The third kappa shape index (κ3) is 5.04. The fourth-order valence-electron chi connectivity index (χ4n) is 2.42. The predicted octanol–water partition coefficient (Wildman–Crippen LogP) is 4.80. The van der Waals surface area contributed by atoms with Crippen LogP contribution in [0.1, 0.15) is 5.56 Å². The van der Waals surface area contributed by atoms with E-state index in [1.165, 1.54) is 6.08 Å². The van der Waals surface area contributed by atoms with Gasteiger partial charge in [-0.15, -0.1) is 0 Å². The first-order chi connectivity index (χ1) is 12.6. The van der Waals surface area contributed by atoms with Crippen molar-refractivity contribution in [3.63, 3.8) is 0 Å². The van der Waals surface area contributed by atoms with Gasteiger partial charge in [0, 0.05) is 16.2 Å². The number of fused-ring (bicyclic) bond motifs is 1. The van der Waals surface area contributed by atoms with Crippen molar-refractivity contribution >= 4 is 50.3 Å². The lowest BCUT2D eigenvalue weighted by atomic mass is 10.1. The summed E-state index contributed by atoms with van der Waals surface area (Å²) in [6.07, 6.45) is 2.93. The maximum absolute atomic E-state index is 12.0. The summed E-state index contributed by atoms with van der Waals surface area (Å²) in [6.45, 7) is -0.339. The first-order valence-corrected chi connectivity index (χ1v) is 8.78. The molecule has 0 aliphatic heterocycles. The second kappa shape index (κ2) is 8.45. The molecule has 0 atom stereocenters. The lowest BCUT2D eigenvalue weighted by molar-refractivity contribution is -0.142. The molecule has 0 aliphatic carbocycles. The van der Waals surface area contributed by atoms with Gasteiger partial charge in [0.25, 0.3) is 5.91 Å². The zero-order valence-corrected chi connectivity index (χ0v) is 15.4. The van der Waals surface area contributed by atoms with Crippen LogP contribution in [0.15, 0.2) is 77.3 Å². The Bertz CT molecular complexity index is 982. The van der Waals surface area contributed by atoms with E-state index in [1.807, 2.05) is 66.7 Å². The quantitative estimate of drug-likeness (QED) is 0.486. The Labute approximate surface area is 159 Å². The predicted molar refractivity (Wildman–Crippen MR) is 107 cm³/mol. The highest BCUT2D eigenvalue weighted by molar-refractivity contribution is 9.10. The van der Waals surface area contributed by atoms with Gasteiger partial charge in [0.2, 0.25) is 0 Å². The number of halogens is 1. The SMILES string of the molecule is O=C(COC(=O)/C=C/c1cccc(Br)c1)Nc1ccc2ccccc2c1. The van der Waals surface area contributed by atoms with Gasteiger partial charge in [0.05, 0.1) is 0 Å². The summed E-state index contributed by atoms with van der Waals surface area (Å²) in [4.78, 5) is 23.7. The van der Waals surface area contributed by atoms with Crippen LogP contribution in [-0.4, -0.2) is 18.5 Å². The van der Waals surface area contributed by atoms with Gasteiger partial charge in [-0.25, -0.2) is 4.79 Å². The van der Waals surface area contributed by atoms with E-state index in [-0.39, 0.29) is 12.5 Å². The number of anilines is 1. The first kappa shape index (κ1) is 17.9. The van der Waals surface area contributed by atoms with E-state index in [0.717, 1.165) is 20.8 Å². The van der Waals surface area contributed by atoms with Gasteiger partial charge in [-0.1, -0.05) is 58.4 Å². The standard InChI is InChI=1S/C21H16BrNO3/c22-18-7-3-4-15(12-18)8-11-21(25)26-14-20(24)23-19-10-9-16-5-1-2-6-17(16)13-19/h1-13H,14H2,(H,23,24)/b11-8+. The minimum absolute atomic E-state index is 0.339. The largest absolute Gasteiger partial charge is 0.452 e. The highest BCUT2D eigenvalue weighted by atomic mass is 79.9. The van der Waals surface area contributed by atoms with Crippen LogP contribution in [0.2, 0.25) is 0 Å². The van der Waals surface area contributed by atoms with Crippen molar-refractivity contribution in [1.82, 2.24) is 0 Å². The van der Waals surface area contributed by atoms with Crippen molar-refractivity contribution in [3.8, 4) is 0 Å². The molecular weight excluding hydrogens is 394 g/mol. The van der Waals surface area contributed by atoms with Crippen molar-refractivity contribution in [2.75, 3.05) is 11.9 Å². The average molecular weight is 410 g/mol. The Kier molecular flexibility index (Phi) is 5.81. The molecule has 0 unspecified atom stereocenters. The molecule has 3 rings (SSSR count). The van der Waals surface area contributed by atoms with Gasteiger partial charge >= 0.3 is 5.97 Å². The van der Waals surface area contributed by atoms with E-state index >= 15 is 0 Å². The summed E-state index contributed by atoms with van der Waals surface area (Å²) in [7, 11) is 0. The summed E-state index contributed by atoms with van der Waals surface area (Å²) in [5.74, 6) is -0.955. The number of amides is 1. The molecule has 3 aromatic carbocycles. The number of hydrogen-bond acceptors (Lipinski definition) is 3. The van der Waals surface area contributed by atoms with Gasteiger partial charge < -0.3 is 10.1 Å². The highest BCUT2D eigenvalue weighted by Gasteiger charge is 2.06. The number of carbonyl (C=O) groups excluding carboxylic acids is 2. The Morgan fingerprint density at radius 2 is 1.77 bits per heavy atom. The summed E-state index contributed by atoms with van der Waals surface area (Å²) in [5, 5.41) is 4.84. The molecule has 0 saturated heterocycles. The number of carbonyl (C=O) groups is 2. The highest BCUT2D eigenvalue weighted by Crippen LogP contribution is 2.18. The van der Waals surface area contributed by atoms with Crippen LogP contribution in [0, 0.1) is 0 Å². The molecule has 0 heterocycles. The summed E-state index contributed by atoms with van der Waals surface area (Å²) in [6, 6.07) is 21.0. The van der Waals surface area contributed by atoms with E-state index in [2.05, 4.69) is 21.2 Å². The van der Waals surface area contributed by atoms with E-state index < -0.39 is 5.97 Å². The van der Waals surface area contributed by atoms with E-state index in [1.54, 1.807) is 6.08 Å². The fourth-order valence-corrected chi connectivity index (χ4v) is 2.84. The van der Waals surface area contributed by atoms with Crippen molar-refractivity contribution < 1.29 is 14.3 Å². The Balaban J connectivity index is 1.52. The molecule has 0 aliphatic rings. The van der Waals surface area contributed by atoms with Crippen LogP contribution in [0.3, 0.4) is 0 Å². The lowest BCUT2D eigenvalue weighted by Crippen LogP contribution is -2.20. The summed E-state index contributed by atoms with van der Waals surface area (Å²) in [5.41, 5.74) is 1.52. The molecule has 0 radical (unpaired) electrons. The lowest BCUT2D eigenvalue weighted by Gasteiger charge is -2.06. The van der Waals surface area contributed by atoms with Crippen molar-refractivity contribution in [2.24, 2.45) is 0 Å². The third-order valence-corrected chi connectivity index (χ3v) is 4.13. The molecule has 1 N–H and O–H groups in total. The molecule has 0 aromatic heterocycles. The molecule has 130 valence electrons. The average Bonchev–Trinajstić information content (AvgIpc) is 2.65. The number of benzene rings is 3. The molecule has 4 nitrogen and oxygen atoms in total. The molecule has 1 amide bonds. The molecule has 0 bridgehead atoms. The van der Waals surface area contributed by atoms with Gasteiger partial charge in [0.15, 0.2) is 6.61 Å². The van der Waals surface area contributed by atoms with Crippen LogP contribution in [0.5, 0.6) is 0 Å². The van der Waals surface area contributed by atoms with Gasteiger partial charge in [-0.2, -0.15) is 0 Å². The molecule has 0 saturated carbocycles. The maximum atomic E-state index is 12.0. The Morgan fingerprint density at radius 1 is 0.962 bits per heavy atom. The van der Waals surface area contributed by atoms with E-state index in [0.29, 0.717) is 5.69 Å². The number of nitrogens with one attached hydrogen (secondary N) is 1. The van der Waals surface area contributed by atoms with E-state index in [4.69, 9.17) is 4.74 Å². The van der Waals surface area contributed by atoms with Crippen LogP contribution < -0.4 is 5.32 Å². The van der Waals surface area contributed by atoms with E-state index in [9.17, 15) is 9.59 Å². The Hall–Kier alpha value is -2.92. The van der Waals surface area contributed by atoms with Gasteiger partial charge in [-0.3, -0.25) is 4.79 Å². The molecule has 3 aromatic rings. The Morgan fingerprint density at radius 3 is 2.58 bits per heavy atom. The summed E-state index contributed by atoms with van der Waals surface area (Å²) < 4.78 is 5.89. The summed E-state index contributed by atoms with van der Waals surface area (Å²) >= 11 is 3.36. The minimum atomic E-state index is -0.571. The van der Waals surface area contributed by atoms with Crippen LogP contribution in [-0.2, 0) is 14.3 Å². The number of ether oxygens (including phenoxy) is 1. The zero-order chi connectivity index (χ0) is 18.4. The van der Waals surface area contributed by atoms with Crippen molar-refractivity contribution in [1.29, 1.82) is 0 Å². The van der Waals surface area contributed by atoms with Gasteiger partial charge in [-0.05, 0) is 46.7 Å². The first-order valence-electron chi connectivity index (χ1n) is 7.99. The topological polar surface area (TPSA) is 55.4 Å². The maximum Gasteiger partial charge on any atom is 0.331 e. The second-order valence-electron chi connectivity index (χ2n) is 5.61. The molecule has 0 spiro atoms. The third-order valence-electron chi connectivity index (χ3n) is 3.64. The number of rotatable bonds is 5. The normalized spacial score (nSPS) is 10.8. The molecule has 26 heavy (non-hydrogen) atoms. The number of esters is 1. The van der Waals surface area contributed by atoms with Crippen LogP contribution in [0.4, 0.5) is 5.69 Å². The monoisotopic (exact) mass is 409 g/mol. The van der Waals surface area contributed by atoms with Crippen molar-refractivity contribution in [2.45, 2.75) is 0 Å². The van der Waals surface area contributed by atoms with Crippen molar-refractivity contribution in [3.05, 3.63) is 82.8 Å². The minimum Gasteiger partial charge on any atom is -0.452 e. The molecule has 0 fully saturated rings. The van der Waals surface area contributed by atoms with Crippen LogP contribution in [0.25, 0.3) is 16.8 Å². The molecule has 5 heteroatoms. The second-order valence-corrected chi connectivity index (χ2v) is 6.52. The van der Waals surface area contributed by atoms with Gasteiger partial charge in [0.1, 0.15) is 0 Å². The molecular formula is C21H16BrNO3. The van der Waals surface area contributed by atoms with Crippen LogP contribution >= 0.6 is 15.9 Å². The number of hydrogen-bond donors (Lipinski definition) is 1. The zero-order valence-electron chi connectivity index (χ0n) is 13.8.